The molecule has 0 fully saturated rings. The molecule has 0 radical (unpaired) electrons. The Morgan fingerprint density at radius 1 is 0.424 bits per heavy atom. The van der Waals surface area contributed by atoms with Crippen LogP contribution in [0.5, 0.6) is 23.0 Å². The van der Waals surface area contributed by atoms with Crippen molar-refractivity contribution in [2.24, 2.45) is 0 Å². The largest absolute Gasteiger partial charge is 0.458 e. The highest BCUT2D eigenvalue weighted by Crippen LogP contribution is 2.47. The third-order valence-electron chi connectivity index (χ3n) is 14.4. The van der Waals surface area contributed by atoms with Gasteiger partial charge < -0.3 is 19.7 Å². The number of hydrogen-bond acceptors (Lipinski definition) is 10. The molecule has 0 unspecified atom stereocenters. The van der Waals surface area contributed by atoms with Crippen molar-refractivity contribution in [1.82, 2.24) is 0 Å². The molecule has 13 heteroatoms. The fraction of sp³-hybridized carbons (Fsp3) is 0.0943. The number of anilines is 9. The van der Waals surface area contributed by atoms with Crippen LogP contribution in [-0.4, -0.2) is 45.2 Å². The number of thioether (sulfide) groups is 2. The molecule has 0 bridgehead atoms. The van der Waals surface area contributed by atoms with Crippen molar-refractivity contribution in [3.63, 3.8) is 0 Å². The molecule has 6 aliphatic heterocycles. The number of para-hydroxylation sites is 3. The molecular weight excluding hydrogens is 885 g/mol. The summed E-state index contributed by atoms with van der Waals surface area (Å²) in [7, 11) is 0. The highest BCUT2D eigenvalue weighted by atomic mass is 32.2. The monoisotopic (exact) mass is 924 g/mol. The Bertz CT molecular complexity index is 3450. The Morgan fingerprint density at radius 2 is 1.02 bits per heavy atom. The first kappa shape index (κ1) is 39.3. The lowest BCUT2D eigenvalue weighted by molar-refractivity contribution is 0.486. The van der Waals surface area contributed by atoms with Gasteiger partial charge in [0.15, 0.2) is 0 Å². The molecule has 0 spiro atoms. The quantitative estimate of drug-likeness (QED) is 0.103. The second-order valence-corrected chi connectivity index (χ2v) is 20.9. The maximum Gasteiger partial charge on any atom is 0.256 e. The van der Waals surface area contributed by atoms with Gasteiger partial charge in [-0.15, -0.1) is 23.5 Å². The van der Waals surface area contributed by atoms with E-state index in [2.05, 4.69) is 190 Å². The van der Waals surface area contributed by atoms with Gasteiger partial charge in [-0.3, -0.25) is 8.61 Å². The molecule has 1 N–H and O–H groups in total. The van der Waals surface area contributed by atoms with E-state index in [0.717, 1.165) is 40.1 Å². The summed E-state index contributed by atoms with van der Waals surface area (Å²) < 4.78 is 18.9. The van der Waals surface area contributed by atoms with Crippen LogP contribution in [0.4, 0.5) is 51.2 Å². The van der Waals surface area contributed by atoms with Crippen LogP contribution < -0.4 is 77.5 Å². The smallest absolute Gasteiger partial charge is 0.256 e. The van der Waals surface area contributed by atoms with Gasteiger partial charge >= 0.3 is 0 Å². The van der Waals surface area contributed by atoms with E-state index in [4.69, 9.17) is 9.47 Å². The van der Waals surface area contributed by atoms with Crippen molar-refractivity contribution in [2.45, 2.75) is 16.7 Å². The number of ether oxygens (including phenoxy) is 2. The molecule has 66 heavy (non-hydrogen) atoms. The van der Waals surface area contributed by atoms with Gasteiger partial charge in [0.05, 0.1) is 17.1 Å². The minimum Gasteiger partial charge on any atom is -0.458 e. The number of benzene rings is 8. The molecule has 0 amide bonds. The van der Waals surface area contributed by atoms with Crippen molar-refractivity contribution in [3.8, 4) is 23.0 Å². The maximum absolute atomic E-state index is 7.25. The number of fused-ring (bicyclic) bond motifs is 12. The Hall–Kier alpha value is -5.85. The topological polar surface area (TPSA) is 40.2 Å². The zero-order valence-corrected chi connectivity index (χ0v) is 40.1. The lowest BCUT2D eigenvalue weighted by Crippen LogP contribution is -2.65. The van der Waals surface area contributed by atoms with E-state index in [1.54, 1.807) is 47.4 Å². The van der Waals surface area contributed by atoms with Crippen molar-refractivity contribution >= 4 is 168 Å². The van der Waals surface area contributed by atoms with Crippen LogP contribution in [0.3, 0.4) is 0 Å². The summed E-state index contributed by atoms with van der Waals surface area (Å²) in [5.74, 6) is 3.68. The summed E-state index contributed by atoms with van der Waals surface area (Å²) >= 11 is 7.00. The van der Waals surface area contributed by atoms with Crippen LogP contribution >= 0.6 is 47.4 Å². The number of aryl methyl sites for hydroxylation is 1. The van der Waals surface area contributed by atoms with Crippen LogP contribution in [0, 0.1) is 6.92 Å². The second kappa shape index (κ2) is 14.6. The van der Waals surface area contributed by atoms with Gasteiger partial charge in [0.1, 0.15) is 23.0 Å². The zero-order chi connectivity index (χ0) is 44.1. The van der Waals surface area contributed by atoms with E-state index in [9.17, 15) is 0 Å². The Kier molecular flexibility index (Phi) is 8.69. The first-order valence-corrected chi connectivity index (χ1v) is 27.0. The fourth-order valence-corrected chi connectivity index (χ4v) is 14.1. The van der Waals surface area contributed by atoms with E-state index < -0.39 is 0 Å². The molecule has 8 aromatic rings. The fourth-order valence-electron chi connectivity index (χ4n) is 11.8. The Balaban J connectivity index is 1.03. The molecule has 0 atom stereocenters. The number of nitrogens with zero attached hydrogens (tertiary/aromatic N) is 3. The highest BCUT2D eigenvalue weighted by molar-refractivity contribution is 8.00. The van der Waals surface area contributed by atoms with Crippen LogP contribution in [-0.2, 0) is 0 Å². The second-order valence-electron chi connectivity index (χ2n) is 17.7. The first-order valence-electron chi connectivity index (χ1n) is 22.2. The summed E-state index contributed by atoms with van der Waals surface area (Å²) in [5.41, 5.74) is 23.1. The van der Waals surface area contributed by atoms with Gasteiger partial charge in [0, 0.05) is 62.5 Å². The molecule has 6 aliphatic rings. The summed E-state index contributed by atoms with van der Waals surface area (Å²) in [4.78, 5) is 4.81. The van der Waals surface area contributed by atoms with Crippen molar-refractivity contribution in [2.75, 3.05) is 43.9 Å². The Morgan fingerprint density at radius 3 is 1.71 bits per heavy atom. The molecule has 6 nitrogen and oxygen atoms in total. The maximum atomic E-state index is 7.25. The van der Waals surface area contributed by atoms with Crippen LogP contribution in [0.2, 0.25) is 0 Å². The minimum atomic E-state index is -0.0836. The van der Waals surface area contributed by atoms with Crippen molar-refractivity contribution in [1.29, 1.82) is 0 Å². The average Bonchev–Trinajstić information content (AvgIpc) is 3.34. The van der Waals surface area contributed by atoms with Gasteiger partial charge in [0.25, 0.3) is 20.1 Å². The predicted octanol–water partition coefficient (Wildman–Crippen LogP) is 8.50. The lowest BCUT2D eigenvalue weighted by atomic mass is 9.29. The summed E-state index contributed by atoms with van der Waals surface area (Å²) in [5, 5.41) is 4.03. The van der Waals surface area contributed by atoms with E-state index in [1.165, 1.54) is 98.6 Å². The lowest BCUT2D eigenvalue weighted by Gasteiger charge is -2.44. The normalized spacial score (nSPS) is 14.6. The summed E-state index contributed by atoms with van der Waals surface area (Å²) in [6.45, 7) is 2.14. The molecule has 316 valence electrons. The average molecular weight is 925 g/mol. The minimum absolute atomic E-state index is 0.0116. The summed E-state index contributed by atoms with van der Waals surface area (Å²) in [6, 6.07) is 52.2. The molecule has 0 aliphatic carbocycles. The van der Waals surface area contributed by atoms with Crippen LogP contribution in [0.15, 0.2) is 149 Å². The number of hydrogen-bond donors (Lipinski definition) is 1. The van der Waals surface area contributed by atoms with E-state index >= 15 is 0 Å². The summed E-state index contributed by atoms with van der Waals surface area (Å²) in [6.07, 6.45) is 8.66. The third kappa shape index (κ3) is 5.37. The molecular formula is C53H39B3N4O2S4. The first-order chi connectivity index (χ1) is 32.4. The standard InChI is InChI=1S/C53H39B3N4O2S4/c1-29-19-40-51-44(20-29)58(30-13-7-6-8-14-30)41-17-11-9-15-33(41)54(51)35-25-36-42(27-39(35)57-40)59(65-4)46-22-32(64-3)24-50-53(46)56(36)38-26-37-43(28-48(38)62-50)60(66-5)45-21-31(63-2)23-49-52(45)55(37)34-16-10-12-18-47(34)61-49/h6-28,57H,1-5H3. The molecule has 0 saturated carbocycles. The third-order valence-corrected chi connectivity index (χ3v) is 17.3. The van der Waals surface area contributed by atoms with E-state index in [0.29, 0.717) is 0 Å². The van der Waals surface area contributed by atoms with Gasteiger partial charge in [-0.05, 0) is 165 Å². The molecule has 14 rings (SSSR count). The zero-order valence-electron chi connectivity index (χ0n) is 36.8. The van der Waals surface area contributed by atoms with Crippen LogP contribution in [0.1, 0.15) is 5.56 Å². The van der Waals surface area contributed by atoms with E-state index in [-0.39, 0.29) is 20.1 Å². The highest BCUT2D eigenvalue weighted by Gasteiger charge is 2.48. The van der Waals surface area contributed by atoms with Gasteiger partial charge in [-0.25, -0.2) is 0 Å². The Labute approximate surface area is 403 Å². The molecule has 0 saturated heterocycles. The predicted molar refractivity (Wildman–Crippen MR) is 290 cm³/mol. The SMILES string of the molecule is CSc1cc2c3c(c1)N(SC)c1cc4c(cc1B3c1cc3c(cc1O2)N(SC)c1cc(SC)cc2c1B3c1ccccc1O2)B1c2ccccc2N(c2ccccc2)c2cc(C)cc(c21)N4. The molecule has 0 aromatic heterocycles. The van der Waals surface area contributed by atoms with Gasteiger partial charge in [-0.2, -0.15) is 0 Å². The van der Waals surface area contributed by atoms with Crippen LogP contribution in [0.25, 0.3) is 0 Å². The molecule has 6 heterocycles. The van der Waals surface area contributed by atoms with Crippen molar-refractivity contribution < 1.29 is 9.47 Å². The van der Waals surface area contributed by atoms with E-state index in [1.807, 2.05) is 0 Å². The number of nitrogens with one attached hydrogen (secondary N) is 1. The molecule has 8 aromatic carbocycles. The van der Waals surface area contributed by atoms with Gasteiger partial charge in [0.2, 0.25) is 0 Å². The van der Waals surface area contributed by atoms with Gasteiger partial charge in [-0.1, -0.05) is 66.7 Å². The van der Waals surface area contributed by atoms with Crippen molar-refractivity contribution in [3.05, 3.63) is 145 Å². The number of rotatable bonds is 5.